The quantitative estimate of drug-likeness (QED) is 0.740. The first kappa shape index (κ1) is 18.7. The molecule has 2 amide bonds. The summed E-state index contributed by atoms with van der Waals surface area (Å²) in [5.41, 5.74) is 0.955. The maximum atomic E-state index is 11.8. The fourth-order valence-corrected chi connectivity index (χ4v) is 2.34. The molecule has 0 saturated carbocycles. The van der Waals surface area contributed by atoms with Crippen LogP contribution in [0.15, 0.2) is 24.3 Å². The minimum atomic E-state index is -3.17. The summed E-state index contributed by atoms with van der Waals surface area (Å²) < 4.78 is 23.7. The number of rotatable bonds is 7. The average molecular weight is 348 g/mol. The van der Waals surface area contributed by atoms with Crippen LogP contribution in [0.2, 0.25) is 5.02 Å². The third kappa shape index (κ3) is 6.64. The van der Waals surface area contributed by atoms with Crippen LogP contribution in [-0.4, -0.2) is 45.1 Å². The van der Waals surface area contributed by atoms with E-state index >= 15 is 0 Å². The van der Waals surface area contributed by atoms with Gasteiger partial charge >= 0.3 is 6.03 Å². The number of nitrogens with zero attached hydrogens (tertiary/aromatic N) is 1. The maximum Gasteiger partial charge on any atom is 0.315 e. The van der Waals surface area contributed by atoms with E-state index < -0.39 is 10.0 Å². The highest BCUT2D eigenvalue weighted by molar-refractivity contribution is 7.88. The molecule has 1 aromatic rings. The highest BCUT2D eigenvalue weighted by Crippen LogP contribution is 2.15. The van der Waals surface area contributed by atoms with Gasteiger partial charge in [-0.3, -0.25) is 0 Å². The second-order valence-electron chi connectivity index (χ2n) is 5.11. The summed E-state index contributed by atoms with van der Waals surface area (Å²) in [5, 5.41) is 6.16. The molecule has 0 radical (unpaired) electrons. The normalized spacial score (nSPS) is 13.0. The Labute approximate surface area is 136 Å². The van der Waals surface area contributed by atoms with Crippen LogP contribution in [0.4, 0.5) is 4.79 Å². The number of hydrogen-bond donors (Lipinski definition) is 2. The largest absolute Gasteiger partial charge is 0.338 e. The van der Waals surface area contributed by atoms with Crippen LogP contribution in [0.1, 0.15) is 24.9 Å². The third-order valence-electron chi connectivity index (χ3n) is 3.22. The lowest BCUT2D eigenvalue weighted by molar-refractivity contribution is 0.237. The van der Waals surface area contributed by atoms with E-state index in [9.17, 15) is 13.2 Å². The first-order valence-corrected chi connectivity index (χ1v) is 9.14. The molecule has 22 heavy (non-hydrogen) atoms. The maximum absolute atomic E-state index is 11.8. The zero-order valence-electron chi connectivity index (χ0n) is 13.0. The molecule has 0 fully saturated rings. The van der Waals surface area contributed by atoms with Gasteiger partial charge in [0.25, 0.3) is 0 Å². The molecule has 1 aromatic carbocycles. The van der Waals surface area contributed by atoms with E-state index in [1.54, 1.807) is 12.1 Å². The third-order valence-corrected chi connectivity index (χ3v) is 4.79. The summed E-state index contributed by atoms with van der Waals surface area (Å²) in [7, 11) is -1.66. The molecule has 0 aromatic heterocycles. The SMILES string of the molecule is C[C@@H](NC(=O)NCCCN(C)S(C)(=O)=O)c1ccc(Cl)cc1. The highest BCUT2D eigenvalue weighted by atomic mass is 35.5. The summed E-state index contributed by atoms with van der Waals surface area (Å²) in [6, 6.07) is 6.82. The molecule has 2 N–H and O–H groups in total. The van der Waals surface area contributed by atoms with Crippen molar-refractivity contribution >= 4 is 27.7 Å². The number of carbonyl (C=O) groups is 1. The summed E-state index contributed by atoms with van der Waals surface area (Å²) in [5.74, 6) is 0. The second kappa shape index (κ2) is 8.36. The molecular weight excluding hydrogens is 326 g/mol. The predicted octanol–water partition coefficient (Wildman–Crippen LogP) is 1.98. The van der Waals surface area contributed by atoms with E-state index in [0.717, 1.165) is 11.8 Å². The topological polar surface area (TPSA) is 78.5 Å². The highest BCUT2D eigenvalue weighted by Gasteiger charge is 2.11. The lowest BCUT2D eigenvalue weighted by Crippen LogP contribution is -2.38. The zero-order chi connectivity index (χ0) is 16.8. The van der Waals surface area contributed by atoms with Crippen LogP contribution in [0.3, 0.4) is 0 Å². The van der Waals surface area contributed by atoms with Crippen LogP contribution in [0, 0.1) is 0 Å². The van der Waals surface area contributed by atoms with Gasteiger partial charge < -0.3 is 10.6 Å². The number of benzene rings is 1. The van der Waals surface area contributed by atoms with Crippen LogP contribution in [0.5, 0.6) is 0 Å². The van der Waals surface area contributed by atoms with Crippen molar-refractivity contribution in [1.29, 1.82) is 0 Å². The summed E-state index contributed by atoms with van der Waals surface area (Å²) in [6.45, 7) is 2.64. The number of sulfonamides is 1. The summed E-state index contributed by atoms with van der Waals surface area (Å²) >= 11 is 5.82. The lowest BCUT2D eigenvalue weighted by atomic mass is 10.1. The number of hydrogen-bond acceptors (Lipinski definition) is 3. The Morgan fingerprint density at radius 3 is 2.45 bits per heavy atom. The Bertz CT molecular complexity index is 590. The van der Waals surface area contributed by atoms with Gasteiger partial charge in [-0.15, -0.1) is 0 Å². The molecule has 0 aliphatic carbocycles. The van der Waals surface area contributed by atoms with Crippen LogP contribution in [-0.2, 0) is 10.0 Å². The minimum Gasteiger partial charge on any atom is -0.338 e. The van der Waals surface area contributed by atoms with Crippen molar-refractivity contribution in [2.24, 2.45) is 0 Å². The molecule has 0 spiro atoms. The first-order chi connectivity index (χ1) is 10.2. The van der Waals surface area contributed by atoms with Crippen molar-refractivity contribution in [3.8, 4) is 0 Å². The Kier molecular flexibility index (Phi) is 7.12. The number of amides is 2. The summed E-state index contributed by atoms with van der Waals surface area (Å²) in [6.07, 6.45) is 1.70. The van der Waals surface area contributed by atoms with E-state index in [1.165, 1.54) is 11.4 Å². The molecule has 0 bridgehead atoms. The van der Waals surface area contributed by atoms with Crippen LogP contribution in [0.25, 0.3) is 0 Å². The average Bonchev–Trinajstić information content (AvgIpc) is 2.42. The monoisotopic (exact) mass is 347 g/mol. The van der Waals surface area contributed by atoms with Gasteiger partial charge in [0.2, 0.25) is 10.0 Å². The van der Waals surface area contributed by atoms with Gasteiger partial charge in [0.1, 0.15) is 0 Å². The van der Waals surface area contributed by atoms with E-state index in [1.807, 2.05) is 19.1 Å². The Morgan fingerprint density at radius 1 is 1.32 bits per heavy atom. The minimum absolute atomic E-state index is 0.143. The van der Waals surface area contributed by atoms with E-state index in [0.29, 0.717) is 24.5 Å². The van der Waals surface area contributed by atoms with Gasteiger partial charge in [-0.25, -0.2) is 17.5 Å². The van der Waals surface area contributed by atoms with Gasteiger partial charge in [-0.1, -0.05) is 23.7 Å². The number of urea groups is 1. The molecule has 0 unspecified atom stereocenters. The van der Waals surface area contributed by atoms with Gasteiger partial charge in [-0.05, 0) is 31.0 Å². The van der Waals surface area contributed by atoms with E-state index in [4.69, 9.17) is 11.6 Å². The fraction of sp³-hybridized carbons (Fsp3) is 0.500. The van der Waals surface area contributed by atoms with Crippen molar-refractivity contribution in [3.63, 3.8) is 0 Å². The zero-order valence-corrected chi connectivity index (χ0v) is 14.5. The molecule has 0 heterocycles. The van der Waals surface area contributed by atoms with Crippen molar-refractivity contribution in [3.05, 3.63) is 34.9 Å². The molecule has 6 nitrogen and oxygen atoms in total. The lowest BCUT2D eigenvalue weighted by Gasteiger charge is -2.16. The molecule has 8 heteroatoms. The number of nitrogens with one attached hydrogen (secondary N) is 2. The van der Waals surface area contributed by atoms with Crippen molar-refractivity contribution in [2.75, 3.05) is 26.4 Å². The van der Waals surface area contributed by atoms with E-state index in [2.05, 4.69) is 10.6 Å². The first-order valence-electron chi connectivity index (χ1n) is 6.91. The number of carbonyl (C=O) groups excluding carboxylic acids is 1. The van der Waals surface area contributed by atoms with Crippen molar-refractivity contribution < 1.29 is 13.2 Å². The second-order valence-corrected chi connectivity index (χ2v) is 7.64. The smallest absolute Gasteiger partial charge is 0.315 e. The standard InChI is InChI=1S/C14H22ClN3O3S/c1-11(12-5-7-13(15)8-6-12)17-14(19)16-9-4-10-18(2)22(3,20)21/h5-8,11H,4,9-10H2,1-3H3,(H2,16,17,19)/t11-/m1/s1. The van der Waals surface area contributed by atoms with E-state index in [-0.39, 0.29) is 12.1 Å². The van der Waals surface area contributed by atoms with Gasteiger partial charge in [0, 0.05) is 25.2 Å². The van der Waals surface area contributed by atoms with Crippen LogP contribution >= 0.6 is 11.6 Å². The predicted molar refractivity (Wildman–Crippen MR) is 88.5 cm³/mol. The molecule has 0 aliphatic heterocycles. The van der Waals surface area contributed by atoms with Gasteiger partial charge in [0.15, 0.2) is 0 Å². The summed E-state index contributed by atoms with van der Waals surface area (Å²) in [4.78, 5) is 11.8. The molecule has 124 valence electrons. The Morgan fingerprint density at radius 2 is 1.91 bits per heavy atom. The van der Waals surface area contributed by atoms with Crippen molar-refractivity contribution in [1.82, 2.24) is 14.9 Å². The Hall–Kier alpha value is -1.31. The molecule has 0 aliphatic rings. The molecule has 1 rings (SSSR count). The molecule has 1 atom stereocenters. The molecule has 0 saturated heterocycles. The van der Waals surface area contributed by atoms with Gasteiger partial charge in [-0.2, -0.15) is 0 Å². The van der Waals surface area contributed by atoms with Crippen LogP contribution < -0.4 is 10.6 Å². The van der Waals surface area contributed by atoms with Gasteiger partial charge in [0.05, 0.1) is 12.3 Å². The fourth-order valence-electron chi connectivity index (χ4n) is 1.75. The number of halogens is 1. The Balaban J connectivity index is 2.30. The van der Waals surface area contributed by atoms with Crippen molar-refractivity contribution in [2.45, 2.75) is 19.4 Å². The molecular formula is C14H22ClN3O3S.